The molecule has 1 heterocycles. The molecule has 2 N–H and O–H groups in total. The van der Waals surface area contributed by atoms with Gasteiger partial charge in [0.1, 0.15) is 17.7 Å². The van der Waals surface area contributed by atoms with E-state index >= 15 is 4.57 Å². The van der Waals surface area contributed by atoms with Crippen molar-refractivity contribution in [1.29, 1.82) is 0 Å². The van der Waals surface area contributed by atoms with Crippen molar-refractivity contribution >= 4 is 81.9 Å². The summed E-state index contributed by atoms with van der Waals surface area (Å²) >= 11 is 14.2. The van der Waals surface area contributed by atoms with Crippen LogP contribution in [0.5, 0.6) is 0 Å². The Hall–Kier alpha value is -2.89. The molecule has 0 aliphatic heterocycles. The molecule has 3 aromatic carbocycles. The van der Waals surface area contributed by atoms with Crippen LogP contribution in [0.25, 0.3) is 0 Å². The van der Waals surface area contributed by atoms with Crippen molar-refractivity contribution in [3.05, 3.63) is 103 Å². The van der Waals surface area contributed by atoms with Crippen LogP contribution < -0.4 is 15.7 Å². The van der Waals surface area contributed by atoms with Crippen molar-refractivity contribution in [2.24, 2.45) is 0 Å². The zero-order valence-corrected chi connectivity index (χ0v) is 28.4. The first-order valence-electron chi connectivity index (χ1n) is 13.5. The third-order valence-corrected chi connectivity index (χ3v) is 10.9. The van der Waals surface area contributed by atoms with Gasteiger partial charge < -0.3 is 15.1 Å². The lowest BCUT2D eigenvalue weighted by Gasteiger charge is -2.31. The molecule has 4 aromatic rings. The van der Waals surface area contributed by atoms with Gasteiger partial charge in [-0.15, -0.1) is 0 Å². The molecule has 1 amide bonds. The first-order chi connectivity index (χ1) is 20.5. The van der Waals surface area contributed by atoms with Crippen LogP contribution in [0.15, 0.2) is 72.8 Å². The number of hydrogen-bond donors (Lipinski definition) is 2. The zero-order valence-electron chi connectivity index (χ0n) is 23.8. The maximum Gasteiger partial charge on any atom is 0.338 e. The van der Waals surface area contributed by atoms with Crippen LogP contribution in [-0.4, -0.2) is 46.0 Å². The largest absolute Gasteiger partial charge is 0.460 e. The minimum absolute atomic E-state index is 0.0496. The van der Waals surface area contributed by atoms with E-state index in [0.29, 0.717) is 50.9 Å². The Morgan fingerprint density at radius 2 is 1.49 bits per heavy atom. The molecular weight excluding hydrogens is 723 g/mol. The number of benzene rings is 3. The van der Waals surface area contributed by atoms with Crippen LogP contribution in [-0.2, 0) is 15.8 Å². The molecule has 0 spiro atoms. The average Bonchev–Trinajstić information content (AvgIpc) is 3.30. The summed E-state index contributed by atoms with van der Waals surface area (Å²) in [4.78, 5) is 26.1. The number of aromatic nitrogens is 2. The lowest BCUT2D eigenvalue weighted by Crippen LogP contribution is -2.33. The molecular formula is C30H31Cl2IN5O4P. The molecule has 226 valence electrons. The van der Waals surface area contributed by atoms with Crippen LogP contribution in [0.2, 0.25) is 10.0 Å². The lowest BCUT2D eigenvalue weighted by molar-refractivity contribution is 0.0488. The summed E-state index contributed by atoms with van der Waals surface area (Å²) in [7, 11) is -3.59. The standard InChI is InChI=1S/C30H31Cl2IN5O4P/c1-4-37(5-2)43(41,36-26-16-14-25(33)15-17-26)27-20(3)35-38(18-19-42-30(40)22-8-12-24(32)13-9-22)28(27)34-29(39)21-6-10-23(31)11-7-21/h6-17H,4-5,18-19H2,1-3H3,(H,34,39)(H,36,41). The highest BCUT2D eigenvalue weighted by Crippen LogP contribution is 2.50. The first kappa shape index (κ1) is 33.0. The van der Waals surface area contributed by atoms with Crippen LogP contribution in [0.1, 0.15) is 40.3 Å². The lowest BCUT2D eigenvalue weighted by atomic mass is 10.2. The van der Waals surface area contributed by atoms with Gasteiger partial charge in [0.05, 0.1) is 17.8 Å². The van der Waals surface area contributed by atoms with E-state index in [9.17, 15) is 9.59 Å². The second kappa shape index (κ2) is 14.7. The Labute approximate surface area is 274 Å². The number of amides is 1. The van der Waals surface area contributed by atoms with E-state index in [0.717, 1.165) is 3.57 Å². The number of aryl methyl sites for hydroxylation is 1. The highest BCUT2D eigenvalue weighted by molar-refractivity contribution is 14.1. The maximum absolute atomic E-state index is 15.1. The zero-order chi connectivity index (χ0) is 31.1. The summed E-state index contributed by atoms with van der Waals surface area (Å²) < 4.78 is 25.0. The van der Waals surface area contributed by atoms with E-state index in [4.69, 9.17) is 27.9 Å². The summed E-state index contributed by atoms with van der Waals surface area (Å²) in [5.41, 5.74) is 1.84. The molecule has 1 aromatic heterocycles. The summed E-state index contributed by atoms with van der Waals surface area (Å²) in [6, 6.07) is 20.4. The van der Waals surface area contributed by atoms with E-state index in [1.165, 1.54) is 4.68 Å². The van der Waals surface area contributed by atoms with Crippen molar-refractivity contribution in [3.63, 3.8) is 0 Å². The first-order valence-corrected chi connectivity index (χ1v) is 17.0. The molecule has 1 unspecified atom stereocenters. The van der Waals surface area contributed by atoms with Crippen molar-refractivity contribution < 1.29 is 18.9 Å². The fourth-order valence-electron chi connectivity index (χ4n) is 4.48. The summed E-state index contributed by atoms with van der Waals surface area (Å²) in [6.07, 6.45) is 0. The van der Waals surface area contributed by atoms with Gasteiger partial charge in [-0.1, -0.05) is 37.0 Å². The van der Waals surface area contributed by atoms with Gasteiger partial charge in [0, 0.05) is 38.0 Å². The minimum Gasteiger partial charge on any atom is -0.460 e. The number of rotatable bonds is 12. The Morgan fingerprint density at radius 1 is 0.930 bits per heavy atom. The Kier molecular flexibility index (Phi) is 11.3. The number of anilines is 2. The highest BCUT2D eigenvalue weighted by atomic mass is 127. The molecule has 0 saturated carbocycles. The van der Waals surface area contributed by atoms with Crippen LogP contribution in [0.3, 0.4) is 0 Å². The summed E-state index contributed by atoms with van der Waals surface area (Å²) in [6.45, 7) is 6.58. The molecule has 0 aliphatic rings. The third-order valence-electron chi connectivity index (χ3n) is 6.61. The normalized spacial score (nSPS) is 12.5. The number of carbonyl (C=O) groups is 2. The van der Waals surface area contributed by atoms with E-state index in [1.807, 2.05) is 42.8 Å². The molecule has 0 fully saturated rings. The second-order valence-corrected chi connectivity index (χ2v) is 14.0. The van der Waals surface area contributed by atoms with Gasteiger partial charge in [-0.3, -0.25) is 9.36 Å². The number of esters is 1. The fourth-order valence-corrected chi connectivity index (χ4v) is 7.87. The molecule has 9 nitrogen and oxygen atoms in total. The van der Waals surface area contributed by atoms with E-state index in [1.54, 1.807) is 55.5 Å². The van der Waals surface area contributed by atoms with Crippen molar-refractivity contribution in [1.82, 2.24) is 14.5 Å². The van der Waals surface area contributed by atoms with Gasteiger partial charge in [0.2, 0.25) is 0 Å². The predicted molar refractivity (Wildman–Crippen MR) is 181 cm³/mol. The number of nitrogens with one attached hydrogen (secondary N) is 2. The highest BCUT2D eigenvalue weighted by Gasteiger charge is 2.38. The molecule has 0 saturated heterocycles. The van der Waals surface area contributed by atoms with E-state index in [-0.39, 0.29) is 19.0 Å². The van der Waals surface area contributed by atoms with E-state index < -0.39 is 19.3 Å². The molecule has 0 aliphatic carbocycles. The maximum atomic E-state index is 15.1. The molecule has 0 bridgehead atoms. The second-order valence-electron chi connectivity index (χ2n) is 9.44. The van der Waals surface area contributed by atoms with Gasteiger partial charge in [-0.05, 0) is 102 Å². The van der Waals surface area contributed by atoms with Gasteiger partial charge in [0.25, 0.3) is 13.4 Å². The van der Waals surface area contributed by atoms with Crippen LogP contribution >= 0.6 is 53.2 Å². The van der Waals surface area contributed by atoms with Gasteiger partial charge in [-0.25, -0.2) is 14.1 Å². The van der Waals surface area contributed by atoms with Crippen molar-refractivity contribution in [2.75, 3.05) is 30.1 Å². The predicted octanol–water partition coefficient (Wildman–Crippen LogP) is 7.48. The molecule has 1 atom stereocenters. The van der Waals surface area contributed by atoms with Crippen molar-refractivity contribution in [2.45, 2.75) is 27.3 Å². The molecule has 13 heteroatoms. The van der Waals surface area contributed by atoms with Crippen molar-refractivity contribution in [3.8, 4) is 0 Å². The smallest absolute Gasteiger partial charge is 0.338 e. The SMILES string of the molecule is CCN(CC)P(=O)(Nc1ccc(I)cc1)c1c(C)nn(CCOC(=O)c2ccc(Cl)cc2)c1NC(=O)c1ccc(Cl)cc1. The number of halogens is 3. The molecule has 0 radical (unpaired) electrons. The Balaban J connectivity index is 1.73. The van der Waals surface area contributed by atoms with Gasteiger partial charge >= 0.3 is 5.97 Å². The number of nitrogens with zero attached hydrogens (tertiary/aromatic N) is 3. The van der Waals surface area contributed by atoms with Gasteiger partial charge in [0.15, 0.2) is 0 Å². The summed E-state index contributed by atoms with van der Waals surface area (Å²) in [5.74, 6) is -0.715. The Morgan fingerprint density at radius 3 is 2.05 bits per heavy atom. The van der Waals surface area contributed by atoms with Crippen LogP contribution in [0, 0.1) is 10.5 Å². The van der Waals surface area contributed by atoms with Crippen LogP contribution in [0.4, 0.5) is 11.5 Å². The Bertz CT molecular complexity index is 1630. The van der Waals surface area contributed by atoms with Gasteiger partial charge in [-0.2, -0.15) is 5.10 Å². The molecule has 4 rings (SSSR count). The monoisotopic (exact) mass is 753 g/mol. The average molecular weight is 754 g/mol. The third kappa shape index (κ3) is 7.99. The fraction of sp³-hybridized carbons (Fsp3) is 0.233. The quantitative estimate of drug-likeness (QED) is 0.0878. The van der Waals surface area contributed by atoms with E-state index in [2.05, 4.69) is 38.1 Å². The number of carbonyl (C=O) groups excluding carboxylic acids is 2. The number of ether oxygens (including phenoxy) is 1. The molecule has 43 heavy (non-hydrogen) atoms. The summed E-state index contributed by atoms with van der Waals surface area (Å²) in [5, 5.41) is 12.2. The number of hydrogen-bond acceptors (Lipinski definition) is 5. The topological polar surface area (TPSA) is 106 Å². The minimum atomic E-state index is -3.59.